The van der Waals surface area contributed by atoms with Gasteiger partial charge in [0.15, 0.2) is 0 Å². The number of hydrogen-bond donors (Lipinski definition) is 1. The summed E-state index contributed by atoms with van der Waals surface area (Å²) >= 11 is 0. The van der Waals surface area contributed by atoms with Crippen LogP contribution in [0.2, 0.25) is 0 Å². The second-order valence-electron chi connectivity index (χ2n) is 4.70. The first kappa shape index (κ1) is 13.7. The molecular formula is C14H17FN2O2. The van der Waals surface area contributed by atoms with E-state index in [1.54, 1.807) is 19.2 Å². The van der Waals surface area contributed by atoms with Crippen molar-refractivity contribution in [1.82, 2.24) is 10.2 Å². The molecule has 1 aromatic carbocycles. The summed E-state index contributed by atoms with van der Waals surface area (Å²) in [6.45, 7) is 0.978. The van der Waals surface area contributed by atoms with Crippen LogP contribution in [0.15, 0.2) is 24.3 Å². The number of halogens is 1. The number of likely N-dealkylation sites (N-methyl/N-ethyl adjacent to an activating group) is 1. The topological polar surface area (TPSA) is 49.4 Å². The van der Waals surface area contributed by atoms with Crippen LogP contribution < -0.4 is 5.32 Å². The van der Waals surface area contributed by atoms with E-state index in [4.69, 9.17) is 0 Å². The molecule has 2 amide bonds. The zero-order valence-corrected chi connectivity index (χ0v) is 10.9. The van der Waals surface area contributed by atoms with Crippen LogP contribution in [0.4, 0.5) is 4.39 Å². The van der Waals surface area contributed by atoms with E-state index < -0.39 is 0 Å². The van der Waals surface area contributed by atoms with Crippen LogP contribution in [-0.4, -0.2) is 36.9 Å². The monoisotopic (exact) mass is 264 g/mol. The molecule has 1 N–H and O–H groups in total. The summed E-state index contributed by atoms with van der Waals surface area (Å²) < 4.78 is 13.2. The van der Waals surface area contributed by atoms with Crippen LogP contribution in [-0.2, 0) is 9.59 Å². The highest BCUT2D eigenvalue weighted by atomic mass is 19.1. The number of amides is 2. The highest BCUT2D eigenvalue weighted by Gasteiger charge is 2.32. The van der Waals surface area contributed by atoms with Crippen molar-refractivity contribution in [2.75, 3.05) is 20.1 Å². The van der Waals surface area contributed by atoms with E-state index in [0.29, 0.717) is 13.1 Å². The smallest absolute Gasteiger partial charge is 0.229 e. The normalized spacial score (nSPS) is 17.1. The van der Waals surface area contributed by atoms with Gasteiger partial charge in [-0.05, 0) is 24.7 Å². The van der Waals surface area contributed by atoms with Crippen LogP contribution in [0.25, 0.3) is 0 Å². The predicted molar refractivity (Wildman–Crippen MR) is 69.0 cm³/mol. The summed E-state index contributed by atoms with van der Waals surface area (Å²) in [7, 11) is 1.77. The van der Waals surface area contributed by atoms with Gasteiger partial charge in [0.2, 0.25) is 11.8 Å². The molecule has 1 aliphatic rings. The van der Waals surface area contributed by atoms with Crippen molar-refractivity contribution in [3.8, 4) is 0 Å². The molecule has 2 rings (SSSR count). The number of nitrogens with one attached hydrogen (secondary N) is 1. The highest BCUT2D eigenvalue weighted by Crippen LogP contribution is 2.29. The van der Waals surface area contributed by atoms with Crippen molar-refractivity contribution in [3.63, 3.8) is 0 Å². The minimum atomic E-state index is -0.338. The first-order valence-corrected chi connectivity index (χ1v) is 6.35. The molecule has 19 heavy (non-hydrogen) atoms. The largest absolute Gasteiger partial charge is 0.318 e. The lowest BCUT2D eigenvalue weighted by molar-refractivity contribution is -0.148. The van der Waals surface area contributed by atoms with Crippen molar-refractivity contribution in [2.45, 2.75) is 18.8 Å². The molecule has 1 heterocycles. The number of piperidine rings is 1. The molecule has 0 atom stereocenters. The Kier molecular flexibility index (Phi) is 4.27. The van der Waals surface area contributed by atoms with Crippen molar-refractivity contribution < 1.29 is 14.0 Å². The van der Waals surface area contributed by atoms with E-state index in [9.17, 15) is 14.0 Å². The Labute approximate surface area is 111 Å². The van der Waals surface area contributed by atoms with Gasteiger partial charge in [-0.1, -0.05) is 12.1 Å². The average Bonchev–Trinajstić information content (AvgIpc) is 2.37. The van der Waals surface area contributed by atoms with Crippen LogP contribution in [0.5, 0.6) is 0 Å². The summed E-state index contributed by atoms with van der Waals surface area (Å²) in [4.78, 5) is 25.2. The lowest BCUT2D eigenvalue weighted by Gasteiger charge is -2.30. The SMILES string of the molecule is CNCCN1C(=O)CC(c2cccc(F)c2)CC1=O. The Morgan fingerprint density at radius 2 is 2.00 bits per heavy atom. The number of carbonyl (C=O) groups is 2. The maximum atomic E-state index is 13.2. The Morgan fingerprint density at radius 1 is 1.32 bits per heavy atom. The maximum Gasteiger partial charge on any atom is 0.229 e. The minimum Gasteiger partial charge on any atom is -0.318 e. The van der Waals surface area contributed by atoms with Crippen molar-refractivity contribution in [1.29, 1.82) is 0 Å². The first-order valence-electron chi connectivity index (χ1n) is 6.35. The maximum absolute atomic E-state index is 13.2. The second-order valence-corrected chi connectivity index (χ2v) is 4.70. The molecular weight excluding hydrogens is 247 g/mol. The van der Waals surface area contributed by atoms with Crippen molar-refractivity contribution in [2.24, 2.45) is 0 Å². The van der Waals surface area contributed by atoms with Gasteiger partial charge < -0.3 is 5.32 Å². The van der Waals surface area contributed by atoms with Gasteiger partial charge in [0, 0.05) is 31.8 Å². The van der Waals surface area contributed by atoms with Gasteiger partial charge in [0.1, 0.15) is 5.82 Å². The molecule has 0 bridgehead atoms. The van der Waals surface area contributed by atoms with Crippen LogP contribution in [0, 0.1) is 5.82 Å². The molecule has 0 aromatic heterocycles. The Hall–Kier alpha value is -1.75. The number of carbonyl (C=O) groups excluding carboxylic acids is 2. The molecule has 1 aliphatic heterocycles. The molecule has 102 valence electrons. The van der Waals surface area contributed by atoms with Crippen molar-refractivity contribution in [3.05, 3.63) is 35.6 Å². The van der Waals surface area contributed by atoms with Gasteiger partial charge in [0.25, 0.3) is 0 Å². The number of nitrogens with zero attached hydrogens (tertiary/aromatic N) is 1. The fourth-order valence-corrected chi connectivity index (χ4v) is 2.32. The van der Waals surface area contributed by atoms with E-state index in [2.05, 4.69) is 5.32 Å². The second kappa shape index (κ2) is 5.93. The minimum absolute atomic E-state index is 0.180. The molecule has 0 radical (unpaired) electrons. The van der Waals surface area contributed by atoms with Gasteiger partial charge in [-0.15, -0.1) is 0 Å². The fourth-order valence-electron chi connectivity index (χ4n) is 2.32. The molecule has 0 unspecified atom stereocenters. The summed E-state index contributed by atoms with van der Waals surface area (Å²) in [5.41, 5.74) is 0.718. The lowest BCUT2D eigenvalue weighted by Crippen LogP contribution is -2.45. The van der Waals surface area contributed by atoms with Crippen LogP contribution in [0.1, 0.15) is 24.3 Å². The van der Waals surface area contributed by atoms with E-state index in [1.165, 1.54) is 17.0 Å². The van der Waals surface area contributed by atoms with Gasteiger partial charge >= 0.3 is 0 Å². The Bertz CT molecular complexity index is 472. The molecule has 0 saturated carbocycles. The number of hydrogen-bond acceptors (Lipinski definition) is 3. The summed E-state index contributed by atoms with van der Waals surface area (Å²) in [5.74, 6) is -0.905. The molecule has 4 nitrogen and oxygen atoms in total. The third-order valence-corrected chi connectivity index (χ3v) is 3.35. The molecule has 1 fully saturated rings. The zero-order valence-electron chi connectivity index (χ0n) is 10.9. The number of rotatable bonds is 4. The standard InChI is InChI=1S/C14H17FN2O2/c1-16-5-6-17-13(18)8-11(9-14(17)19)10-3-2-4-12(15)7-10/h2-4,7,11,16H,5-6,8-9H2,1H3. The molecule has 1 aromatic rings. The van der Waals surface area contributed by atoms with Crippen molar-refractivity contribution >= 4 is 11.8 Å². The Morgan fingerprint density at radius 3 is 2.58 bits per heavy atom. The third-order valence-electron chi connectivity index (χ3n) is 3.35. The van der Waals surface area contributed by atoms with Crippen LogP contribution >= 0.6 is 0 Å². The zero-order chi connectivity index (χ0) is 13.8. The van der Waals surface area contributed by atoms with E-state index >= 15 is 0 Å². The third kappa shape index (κ3) is 3.17. The molecule has 0 spiro atoms. The van der Waals surface area contributed by atoms with E-state index in [-0.39, 0.29) is 36.4 Å². The highest BCUT2D eigenvalue weighted by molar-refractivity contribution is 5.98. The molecule has 5 heteroatoms. The molecule has 1 saturated heterocycles. The summed E-state index contributed by atoms with van der Waals surface area (Å²) in [6.07, 6.45) is 0.526. The van der Waals surface area contributed by atoms with Crippen LogP contribution in [0.3, 0.4) is 0 Å². The number of likely N-dealkylation sites (tertiary alicyclic amines) is 1. The van der Waals surface area contributed by atoms with Gasteiger partial charge in [-0.25, -0.2) is 4.39 Å². The Balaban J connectivity index is 2.09. The van der Waals surface area contributed by atoms with Gasteiger partial charge in [-0.2, -0.15) is 0 Å². The van der Waals surface area contributed by atoms with Gasteiger partial charge in [0.05, 0.1) is 0 Å². The fraction of sp³-hybridized carbons (Fsp3) is 0.429. The van der Waals surface area contributed by atoms with E-state index in [1.807, 2.05) is 0 Å². The summed E-state index contributed by atoms with van der Waals surface area (Å²) in [5, 5.41) is 2.91. The quantitative estimate of drug-likeness (QED) is 0.833. The molecule has 0 aliphatic carbocycles. The number of imide groups is 1. The number of benzene rings is 1. The average molecular weight is 264 g/mol. The first-order chi connectivity index (χ1) is 9.11. The van der Waals surface area contributed by atoms with Gasteiger partial charge in [-0.3, -0.25) is 14.5 Å². The van der Waals surface area contributed by atoms with E-state index in [0.717, 1.165) is 5.56 Å². The lowest BCUT2D eigenvalue weighted by atomic mass is 9.88. The predicted octanol–water partition coefficient (Wildman–Crippen LogP) is 1.28. The summed E-state index contributed by atoms with van der Waals surface area (Å²) in [6, 6.07) is 6.12.